The molecule has 5 amide bonds. The number of benzene rings is 1. The van der Waals surface area contributed by atoms with Crippen molar-refractivity contribution in [2.24, 2.45) is 0 Å². The molecule has 0 bridgehead atoms. The third-order valence-corrected chi connectivity index (χ3v) is 5.62. The maximum Gasteiger partial charge on any atom is 0.547 e. The molecule has 3 atom stereocenters. The fraction of sp³-hybridized carbons (Fsp3) is 0.500. The lowest BCUT2D eigenvalue weighted by molar-refractivity contribution is -0.153. The van der Waals surface area contributed by atoms with Gasteiger partial charge in [0, 0.05) is 19.6 Å². The van der Waals surface area contributed by atoms with Gasteiger partial charge in [0.05, 0.1) is 12.0 Å². The molecule has 1 aromatic carbocycles. The largest absolute Gasteiger partial charge is 0.547 e. The molecule has 32 heavy (non-hydrogen) atoms. The first-order chi connectivity index (χ1) is 15.1. The van der Waals surface area contributed by atoms with Gasteiger partial charge in [-0.15, -0.1) is 0 Å². The van der Waals surface area contributed by atoms with Gasteiger partial charge in [-0.05, 0) is 38.3 Å². The SMILES string of the molecule is CCN1CCN(C(=O)N[C@@H](C(=O)N[C@H]2Cc3cccc(C)c3OB2O)[C@H](C)O)C(=O)C1=O. The van der Waals surface area contributed by atoms with Crippen LogP contribution in [0.1, 0.15) is 25.0 Å². The van der Waals surface area contributed by atoms with Gasteiger partial charge in [0.2, 0.25) is 5.91 Å². The highest BCUT2D eigenvalue weighted by Gasteiger charge is 2.40. The Hall–Kier alpha value is -3.12. The van der Waals surface area contributed by atoms with Crippen LogP contribution in [0.5, 0.6) is 5.75 Å². The number of aliphatic hydroxyl groups excluding tert-OH is 1. The second-order valence-corrected chi connectivity index (χ2v) is 7.90. The Morgan fingerprint density at radius 2 is 2.00 bits per heavy atom. The van der Waals surface area contributed by atoms with E-state index in [2.05, 4.69) is 10.6 Å². The van der Waals surface area contributed by atoms with E-state index in [1.54, 1.807) is 6.92 Å². The van der Waals surface area contributed by atoms with E-state index in [-0.39, 0.29) is 19.5 Å². The summed E-state index contributed by atoms with van der Waals surface area (Å²) in [6.07, 6.45) is -1.02. The maximum atomic E-state index is 12.8. The van der Waals surface area contributed by atoms with Crippen molar-refractivity contribution in [3.63, 3.8) is 0 Å². The molecule has 0 aliphatic carbocycles. The minimum atomic E-state index is -1.42. The number of piperazine rings is 1. The fourth-order valence-electron chi connectivity index (χ4n) is 3.76. The summed E-state index contributed by atoms with van der Waals surface area (Å²) in [4.78, 5) is 51.7. The van der Waals surface area contributed by atoms with Gasteiger partial charge in [0.15, 0.2) is 0 Å². The van der Waals surface area contributed by atoms with Crippen LogP contribution in [-0.2, 0) is 20.8 Å². The van der Waals surface area contributed by atoms with E-state index in [0.717, 1.165) is 16.0 Å². The molecule has 12 heteroatoms. The third-order valence-electron chi connectivity index (χ3n) is 5.62. The number of aryl methyl sites for hydroxylation is 1. The number of carbonyl (C=O) groups is 4. The first-order valence-corrected chi connectivity index (χ1v) is 10.5. The summed E-state index contributed by atoms with van der Waals surface area (Å²) < 4.78 is 5.54. The van der Waals surface area contributed by atoms with Gasteiger partial charge in [0.1, 0.15) is 11.8 Å². The van der Waals surface area contributed by atoms with Gasteiger partial charge in [-0.2, -0.15) is 0 Å². The molecule has 0 unspecified atom stereocenters. The third kappa shape index (κ3) is 4.70. The number of carbonyl (C=O) groups excluding carboxylic acids is 4. The predicted molar refractivity (Wildman–Crippen MR) is 113 cm³/mol. The first kappa shape index (κ1) is 23.5. The van der Waals surface area contributed by atoms with E-state index in [0.29, 0.717) is 12.3 Å². The van der Waals surface area contributed by atoms with Crippen LogP contribution in [-0.4, -0.2) is 88.5 Å². The van der Waals surface area contributed by atoms with Gasteiger partial charge in [-0.1, -0.05) is 18.2 Å². The Morgan fingerprint density at radius 1 is 1.28 bits per heavy atom. The van der Waals surface area contributed by atoms with E-state index >= 15 is 0 Å². The zero-order valence-electron chi connectivity index (χ0n) is 18.2. The molecule has 0 aromatic heterocycles. The molecule has 172 valence electrons. The Balaban J connectivity index is 1.67. The number of hydrogen-bond donors (Lipinski definition) is 4. The molecular formula is C20H27BN4O7. The summed E-state index contributed by atoms with van der Waals surface area (Å²) >= 11 is 0. The minimum absolute atomic E-state index is 0.0241. The monoisotopic (exact) mass is 446 g/mol. The molecule has 3 rings (SSSR count). The average molecular weight is 446 g/mol. The Labute approximate surface area is 185 Å². The van der Waals surface area contributed by atoms with Crippen molar-refractivity contribution in [2.75, 3.05) is 19.6 Å². The standard InChI is InChI=1S/C20H27BN4O7/c1-4-24-8-9-25(19(29)18(24)28)20(30)23-15(12(3)26)17(27)22-14-10-13-7-5-6-11(2)16(13)32-21(14)31/h5-7,12,14-15,26,31H,4,8-10H2,1-3H3,(H,22,27)(H,23,30)/t12-,14-,15+/m0/s1. The summed E-state index contributed by atoms with van der Waals surface area (Å²) in [5.41, 5.74) is 1.65. The topological polar surface area (TPSA) is 149 Å². The first-order valence-electron chi connectivity index (χ1n) is 10.5. The number of urea groups is 1. The predicted octanol–water partition coefficient (Wildman–Crippen LogP) is -1.42. The second-order valence-electron chi connectivity index (χ2n) is 7.90. The zero-order chi connectivity index (χ0) is 23.6. The summed E-state index contributed by atoms with van der Waals surface area (Å²) in [7, 11) is -1.32. The maximum absolute atomic E-state index is 12.8. The highest BCUT2D eigenvalue weighted by molar-refractivity contribution is 6.47. The Kier molecular flexibility index (Phi) is 7.04. The number of nitrogens with one attached hydrogen (secondary N) is 2. The van der Waals surface area contributed by atoms with Crippen molar-refractivity contribution in [1.29, 1.82) is 0 Å². The zero-order valence-corrected chi connectivity index (χ0v) is 18.2. The Bertz CT molecular complexity index is 925. The molecule has 2 heterocycles. The van der Waals surface area contributed by atoms with Crippen LogP contribution in [0.25, 0.3) is 0 Å². The quantitative estimate of drug-likeness (QED) is 0.321. The second kappa shape index (κ2) is 9.57. The van der Waals surface area contributed by atoms with Gasteiger partial charge >= 0.3 is 25.0 Å². The van der Waals surface area contributed by atoms with Crippen molar-refractivity contribution in [3.05, 3.63) is 29.3 Å². The molecule has 4 N–H and O–H groups in total. The van der Waals surface area contributed by atoms with Crippen molar-refractivity contribution in [3.8, 4) is 5.75 Å². The van der Waals surface area contributed by atoms with E-state index in [1.165, 1.54) is 11.8 Å². The lowest BCUT2D eigenvalue weighted by Gasteiger charge is -2.33. The van der Waals surface area contributed by atoms with Gasteiger partial charge in [-0.3, -0.25) is 19.3 Å². The Morgan fingerprint density at radius 3 is 2.66 bits per heavy atom. The summed E-state index contributed by atoms with van der Waals surface area (Å²) in [6.45, 7) is 5.37. The molecule has 2 aliphatic rings. The average Bonchev–Trinajstić information content (AvgIpc) is 2.74. The fourth-order valence-corrected chi connectivity index (χ4v) is 3.76. The number of rotatable bonds is 5. The van der Waals surface area contributed by atoms with Crippen molar-refractivity contribution < 1.29 is 34.0 Å². The minimum Gasteiger partial charge on any atom is -0.534 e. The molecular weight excluding hydrogens is 419 g/mol. The molecule has 1 aromatic rings. The van der Waals surface area contributed by atoms with Gasteiger partial charge in [0.25, 0.3) is 0 Å². The smallest absolute Gasteiger partial charge is 0.534 e. The number of para-hydroxylation sites is 1. The number of hydrogen-bond acceptors (Lipinski definition) is 7. The molecule has 0 saturated carbocycles. The molecule has 0 radical (unpaired) electrons. The van der Waals surface area contributed by atoms with Crippen LogP contribution >= 0.6 is 0 Å². The van der Waals surface area contributed by atoms with E-state index in [9.17, 15) is 29.3 Å². The van der Waals surface area contributed by atoms with Crippen LogP contribution < -0.4 is 15.3 Å². The summed E-state index contributed by atoms with van der Waals surface area (Å²) in [5.74, 6) is -2.82. The summed E-state index contributed by atoms with van der Waals surface area (Å²) in [6, 6.07) is 3.13. The van der Waals surface area contributed by atoms with E-state index in [4.69, 9.17) is 4.65 Å². The van der Waals surface area contributed by atoms with E-state index < -0.39 is 49.0 Å². The van der Waals surface area contributed by atoms with E-state index in [1.807, 2.05) is 25.1 Å². The summed E-state index contributed by atoms with van der Waals surface area (Å²) in [5, 5.41) is 25.3. The van der Waals surface area contributed by atoms with Gasteiger partial charge in [-0.25, -0.2) is 4.79 Å². The highest BCUT2D eigenvalue weighted by Crippen LogP contribution is 2.29. The van der Waals surface area contributed by atoms with Crippen LogP contribution in [0.3, 0.4) is 0 Å². The van der Waals surface area contributed by atoms with Crippen LogP contribution in [0, 0.1) is 6.92 Å². The number of fused-ring (bicyclic) bond motifs is 1. The molecule has 1 saturated heterocycles. The number of nitrogens with zero attached hydrogens (tertiary/aromatic N) is 2. The number of amides is 5. The number of aliphatic hydroxyl groups is 1. The lowest BCUT2D eigenvalue weighted by Crippen LogP contribution is -2.63. The normalized spacial score (nSPS) is 20.3. The number of likely N-dealkylation sites (N-methyl/N-ethyl adjacent to an activating group) is 1. The molecule has 11 nitrogen and oxygen atoms in total. The van der Waals surface area contributed by atoms with Gasteiger partial charge < -0.3 is 30.3 Å². The lowest BCUT2D eigenvalue weighted by atomic mass is 9.72. The van der Waals surface area contributed by atoms with Crippen molar-refractivity contribution in [2.45, 2.75) is 45.3 Å². The number of imide groups is 1. The van der Waals surface area contributed by atoms with Crippen LogP contribution in [0.2, 0.25) is 0 Å². The van der Waals surface area contributed by atoms with Crippen LogP contribution in [0.4, 0.5) is 4.79 Å². The van der Waals surface area contributed by atoms with Crippen molar-refractivity contribution in [1.82, 2.24) is 20.4 Å². The molecule has 1 fully saturated rings. The van der Waals surface area contributed by atoms with Crippen molar-refractivity contribution >= 4 is 30.9 Å². The molecule has 0 spiro atoms. The van der Waals surface area contributed by atoms with Crippen LogP contribution in [0.15, 0.2) is 18.2 Å². The molecule has 2 aliphatic heterocycles. The highest BCUT2D eigenvalue weighted by atomic mass is 16.5.